The summed E-state index contributed by atoms with van der Waals surface area (Å²) in [6, 6.07) is 5.93. The van der Waals surface area contributed by atoms with Gasteiger partial charge in [0.1, 0.15) is 5.82 Å². The van der Waals surface area contributed by atoms with Gasteiger partial charge in [-0.05, 0) is 45.0 Å². The molecule has 1 amide bonds. The number of nitrogens with zero attached hydrogens (tertiary/aromatic N) is 3. The standard InChI is InChI=1S/C19H31N3O/c1-3-19(23)22(18-12-8-9-13-20-18)17(2)16-21-14-10-6-4-5-7-11-15-21/h8-9,12-13,17H,3-7,10-11,14-16H2,1-2H3. The highest BCUT2D eigenvalue weighted by Crippen LogP contribution is 2.17. The van der Waals surface area contributed by atoms with E-state index in [1.54, 1.807) is 6.20 Å². The summed E-state index contributed by atoms with van der Waals surface area (Å²) in [4.78, 5) is 21.3. The van der Waals surface area contributed by atoms with E-state index in [0.717, 1.165) is 25.5 Å². The van der Waals surface area contributed by atoms with Crippen molar-refractivity contribution in [3.63, 3.8) is 0 Å². The highest BCUT2D eigenvalue weighted by molar-refractivity contribution is 5.92. The van der Waals surface area contributed by atoms with Crippen LogP contribution >= 0.6 is 0 Å². The number of hydrogen-bond donors (Lipinski definition) is 0. The first-order valence-electron chi connectivity index (χ1n) is 9.17. The van der Waals surface area contributed by atoms with Crippen LogP contribution in [0.15, 0.2) is 24.4 Å². The quantitative estimate of drug-likeness (QED) is 0.827. The molecule has 23 heavy (non-hydrogen) atoms. The van der Waals surface area contributed by atoms with Gasteiger partial charge in [0, 0.05) is 25.2 Å². The number of carbonyl (C=O) groups is 1. The number of carbonyl (C=O) groups excluding carboxylic acids is 1. The lowest BCUT2D eigenvalue weighted by molar-refractivity contribution is -0.118. The summed E-state index contributed by atoms with van der Waals surface area (Å²) in [5.74, 6) is 0.927. The molecular formula is C19H31N3O. The Hall–Kier alpha value is -1.42. The first-order chi connectivity index (χ1) is 11.2. The number of aromatic nitrogens is 1. The number of hydrogen-bond acceptors (Lipinski definition) is 3. The van der Waals surface area contributed by atoms with Crippen LogP contribution in [0, 0.1) is 0 Å². The van der Waals surface area contributed by atoms with Crippen molar-refractivity contribution < 1.29 is 4.79 Å². The topological polar surface area (TPSA) is 36.4 Å². The van der Waals surface area contributed by atoms with E-state index in [9.17, 15) is 4.79 Å². The summed E-state index contributed by atoms with van der Waals surface area (Å²) in [5.41, 5.74) is 0. The van der Waals surface area contributed by atoms with Crippen molar-refractivity contribution in [2.24, 2.45) is 0 Å². The smallest absolute Gasteiger partial charge is 0.228 e. The van der Waals surface area contributed by atoms with E-state index in [2.05, 4.69) is 16.8 Å². The summed E-state index contributed by atoms with van der Waals surface area (Å²) >= 11 is 0. The molecular weight excluding hydrogens is 286 g/mol. The van der Waals surface area contributed by atoms with E-state index in [-0.39, 0.29) is 11.9 Å². The largest absolute Gasteiger partial charge is 0.301 e. The van der Waals surface area contributed by atoms with E-state index in [1.165, 1.54) is 38.5 Å². The average molecular weight is 317 g/mol. The number of amides is 1. The monoisotopic (exact) mass is 317 g/mol. The molecule has 1 aromatic rings. The molecule has 2 rings (SSSR count). The lowest BCUT2D eigenvalue weighted by Crippen LogP contribution is -2.46. The van der Waals surface area contributed by atoms with Crippen molar-refractivity contribution in [3.8, 4) is 0 Å². The van der Waals surface area contributed by atoms with Crippen LogP contribution in [-0.4, -0.2) is 41.5 Å². The van der Waals surface area contributed by atoms with E-state index >= 15 is 0 Å². The Kier molecular flexibility index (Phi) is 7.53. The zero-order valence-electron chi connectivity index (χ0n) is 14.7. The van der Waals surface area contributed by atoms with Gasteiger partial charge in [0.25, 0.3) is 0 Å². The Bertz CT molecular complexity index is 453. The van der Waals surface area contributed by atoms with Gasteiger partial charge in [0.15, 0.2) is 0 Å². The van der Waals surface area contributed by atoms with Crippen LogP contribution in [0.1, 0.15) is 58.8 Å². The fraction of sp³-hybridized carbons (Fsp3) is 0.684. The van der Waals surface area contributed by atoms with Gasteiger partial charge in [-0.3, -0.25) is 9.69 Å². The fourth-order valence-corrected chi connectivity index (χ4v) is 3.39. The molecule has 0 bridgehead atoms. The average Bonchev–Trinajstić information content (AvgIpc) is 2.70. The van der Waals surface area contributed by atoms with Crippen molar-refractivity contribution in [2.75, 3.05) is 24.5 Å². The Labute approximate surface area is 140 Å². The van der Waals surface area contributed by atoms with Gasteiger partial charge in [0.05, 0.1) is 0 Å². The van der Waals surface area contributed by atoms with Gasteiger partial charge in [0.2, 0.25) is 5.91 Å². The van der Waals surface area contributed by atoms with Crippen LogP contribution in [0.4, 0.5) is 5.82 Å². The SMILES string of the molecule is CCC(=O)N(c1ccccn1)C(C)CN1CCCCCCCC1. The molecule has 1 fully saturated rings. The maximum Gasteiger partial charge on any atom is 0.228 e. The minimum Gasteiger partial charge on any atom is -0.301 e. The normalized spacial score (nSPS) is 18.5. The number of pyridine rings is 1. The van der Waals surface area contributed by atoms with Crippen molar-refractivity contribution in [2.45, 2.75) is 64.8 Å². The van der Waals surface area contributed by atoms with Gasteiger partial charge in [-0.2, -0.15) is 0 Å². The van der Waals surface area contributed by atoms with E-state index in [4.69, 9.17) is 0 Å². The second kappa shape index (κ2) is 9.66. The second-order valence-electron chi connectivity index (χ2n) is 6.58. The zero-order valence-corrected chi connectivity index (χ0v) is 14.7. The van der Waals surface area contributed by atoms with Crippen molar-refractivity contribution >= 4 is 11.7 Å². The molecule has 4 nitrogen and oxygen atoms in total. The Morgan fingerprint density at radius 1 is 1.17 bits per heavy atom. The van der Waals surface area contributed by atoms with Gasteiger partial charge in [-0.25, -0.2) is 4.98 Å². The van der Waals surface area contributed by atoms with Crippen LogP contribution in [0.2, 0.25) is 0 Å². The maximum atomic E-state index is 12.4. The van der Waals surface area contributed by atoms with Crippen LogP contribution < -0.4 is 4.90 Å². The van der Waals surface area contributed by atoms with E-state index < -0.39 is 0 Å². The molecule has 0 spiro atoms. The Morgan fingerprint density at radius 2 is 1.83 bits per heavy atom. The van der Waals surface area contributed by atoms with Crippen LogP contribution in [-0.2, 0) is 4.79 Å². The van der Waals surface area contributed by atoms with Gasteiger partial charge < -0.3 is 4.90 Å². The highest BCUT2D eigenvalue weighted by Gasteiger charge is 2.23. The predicted molar refractivity (Wildman–Crippen MR) is 95.6 cm³/mol. The first kappa shape index (κ1) is 17.9. The highest BCUT2D eigenvalue weighted by atomic mass is 16.2. The molecule has 4 heteroatoms. The molecule has 2 heterocycles. The number of anilines is 1. The molecule has 0 N–H and O–H groups in total. The van der Waals surface area contributed by atoms with Crippen molar-refractivity contribution in [3.05, 3.63) is 24.4 Å². The Morgan fingerprint density at radius 3 is 2.39 bits per heavy atom. The molecule has 0 radical (unpaired) electrons. The molecule has 1 aliphatic heterocycles. The second-order valence-corrected chi connectivity index (χ2v) is 6.58. The van der Waals surface area contributed by atoms with Crippen molar-refractivity contribution in [1.82, 2.24) is 9.88 Å². The fourth-order valence-electron chi connectivity index (χ4n) is 3.39. The van der Waals surface area contributed by atoms with Gasteiger partial charge in [-0.1, -0.05) is 38.7 Å². The molecule has 1 atom stereocenters. The van der Waals surface area contributed by atoms with Gasteiger partial charge >= 0.3 is 0 Å². The molecule has 0 saturated carbocycles. The predicted octanol–water partition coefficient (Wildman–Crippen LogP) is 3.87. The summed E-state index contributed by atoms with van der Waals surface area (Å²) in [7, 11) is 0. The summed E-state index contributed by atoms with van der Waals surface area (Å²) in [5, 5.41) is 0. The minimum atomic E-state index is 0.151. The molecule has 1 saturated heterocycles. The lowest BCUT2D eigenvalue weighted by atomic mass is 10.1. The molecule has 0 aromatic carbocycles. The minimum absolute atomic E-state index is 0.151. The van der Waals surface area contributed by atoms with E-state index in [1.807, 2.05) is 30.0 Å². The summed E-state index contributed by atoms with van der Waals surface area (Å²) in [6.07, 6.45) is 10.2. The maximum absolute atomic E-state index is 12.4. The van der Waals surface area contributed by atoms with E-state index in [0.29, 0.717) is 6.42 Å². The first-order valence-corrected chi connectivity index (χ1v) is 9.17. The molecule has 1 aromatic heterocycles. The Balaban J connectivity index is 2.04. The summed E-state index contributed by atoms with van der Waals surface area (Å²) in [6.45, 7) is 7.31. The summed E-state index contributed by atoms with van der Waals surface area (Å²) < 4.78 is 0. The van der Waals surface area contributed by atoms with Gasteiger partial charge in [-0.15, -0.1) is 0 Å². The van der Waals surface area contributed by atoms with Crippen LogP contribution in [0.3, 0.4) is 0 Å². The van der Waals surface area contributed by atoms with Crippen LogP contribution in [0.25, 0.3) is 0 Å². The lowest BCUT2D eigenvalue weighted by Gasteiger charge is -2.33. The van der Waals surface area contributed by atoms with Crippen molar-refractivity contribution in [1.29, 1.82) is 0 Å². The molecule has 0 aliphatic carbocycles. The molecule has 1 unspecified atom stereocenters. The third kappa shape index (κ3) is 5.61. The zero-order chi connectivity index (χ0) is 16.5. The molecule has 1 aliphatic rings. The third-order valence-electron chi connectivity index (χ3n) is 4.63. The van der Waals surface area contributed by atoms with Crippen LogP contribution in [0.5, 0.6) is 0 Å². The number of rotatable bonds is 5. The third-order valence-corrected chi connectivity index (χ3v) is 4.63. The molecule has 128 valence electrons.